The van der Waals surface area contributed by atoms with E-state index in [2.05, 4.69) is 10.2 Å². The first-order valence-corrected chi connectivity index (χ1v) is 8.85. The molecule has 154 valence electrons. The lowest BCUT2D eigenvalue weighted by atomic mass is 10.1. The van der Waals surface area contributed by atoms with Crippen molar-refractivity contribution < 1.29 is 22.3 Å². The number of aromatic nitrogens is 3. The molecule has 0 spiro atoms. The van der Waals surface area contributed by atoms with Crippen molar-refractivity contribution in [1.29, 1.82) is 0 Å². The van der Waals surface area contributed by atoms with Crippen LogP contribution in [0.4, 0.5) is 23.2 Å². The van der Waals surface area contributed by atoms with E-state index in [-0.39, 0.29) is 28.9 Å². The molecule has 0 aliphatic heterocycles. The summed E-state index contributed by atoms with van der Waals surface area (Å²) in [7, 11) is 0. The van der Waals surface area contributed by atoms with E-state index in [4.69, 9.17) is 10.5 Å². The van der Waals surface area contributed by atoms with Crippen molar-refractivity contribution in [1.82, 2.24) is 14.8 Å². The van der Waals surface area contributed by atoms with Gasteiger partial charge >= 0.3 is 0 Å². The van der Waals surface area contributed by atoms with Crippen molar-refractivity contribution in [2.75, 3.05) is 5.73 Å². The van der Waals surface area contributed by atoms with Gasteiger partial charge in [-0.05, 0) is 45.9 Å². The zero-order valence-electron chi connectivity index (χ0n) is 16.3. The summed E-state index contributed by atoms with van der Waals surface area (Å²) in [6.07, 6.45) is 0. The zero-order chi connectivity index (χ0) is 21.5. The van der Waals surface area contributed by atoms with Gasteiger partial charge in [-0.1, -0.05) is 0 Å². The van der Waals surface area contributed by atoms with E-state index in [1.807, 2.05) is 13.8 Å². The number of nitrogen functional groups attached to an aromatic ring is 1. The molecule has 3 aromatic rings. The number of hydrogen-bond acceptors (Lipinski definition) is 4. The van der Waals surface area contributed by atoms with Crippen LogP contribution in [0.3, 0.4) is 0 Å². The van der Waals surface area contributed by atoms with E-state index < -0.39 is 34.6 Å². The van der Waals surface area contributed by atoms with E-state index in [9.17, 15) is 17.6 Å². The van der Waals surface area contributed by atoms with E-state index in [1.54, 1.807) is 4.57 Å². The SMILES string of the molecule is CC(C)n1c(-c2ccc(N)cc2F)nnc1C(C)(C)Oc1c(F)cc(F)cc1F. The molecule has 0 amide bonds. The summed E-state index contributed by atoms with van der Waals surface area (Å²) in [5, 5.41) is 8.16. The summed E-state index contributed by atoms with van der Waals surface area (Å²) in [6.45, 7) is 6.70. The molecule has 0 aliphatic carbocycles. The molecule has 0 radical (unpaired) electrons. The molecule has 0 aliphatic rings. The van der Waals surface area contributed by atoms with E-state index in [0.717, 1.165) is 0 Å². The maximum absolute atomic E-state index is 14.4. The fourth-order valence-corrected chi connectivity index (χ4v) is 3.01. The summed E-state index contributed by atoms with van der Waals surface area (Å²) in [6, 6.07) is 4.98. The van der Waals surface area contributed by atoms with Gasteiger partial charge in [-0.15, -0.1) is 10.2 Å². The standard InChI is InChI=1S/C20H20F4N4O/c1-10(2)28-18(13-6-5-12(25)9-14(13)22)26-27-19(28)20(3,4)29-17-15(23)7-11(21)8-16(17)24/h5-10H,25H2,1-4H3. The first-order chi connectivity index (χ1) is 13.5. The number of hydrogen-bond donors (Lipinski definition) is 1. The Hall–Kier alpha value is -3.10. The highest BCUT2D eigenvalue weighted by Gasteiger charge is 2.34. The van der Waals surface area contributed by atoms with Gasteiger partial charge in [0, 0.05) is 23.9 Å². The predicted molar refractivity (Wildman–Crippen MR) is 100 cm³/mol. The van der Waals surface area contributed by atoms with Gasteiger partial charge in [0.2, 0.25) is 0 Å². The van der Waals surface area contributed by atoms with Gasteiger partial charge in [0.15, 0.2) is 34.6 Å². The van der Waals surface area contributed by atoms with Gasteiger partial charge in [-0.2, -0.15) is 0 Å². The van der Waals surface area contributed by atoms with Gasteiger partial charge in [-0.3, -0.25) is 0 Å². The van der Waals surface area contributed by atoms with Crippen molar-refractivity contribution >= 4 is 5.69 Å². The molecule has 2 N–H and O–H groups in total. The Kier molecular flexibility index (Phi) is 5.25. The highest BCUT2D eigenvalue weighted by molar-refractivity contribution is 5.60. The number of nitrogens with zero attached hydrogens (tertiary/aromatic N) is 3. The fourth-order valence-electron chi connectivity index (χ4n) is 3.01. The molecule has 0 atom stereocenters. The van der Waals surface area contributed by atoms with Gasteiger partial charge < -0.3 is 15.0 Å². The second-order valence-electron chi connectivity index (χ2n) is 7.36. The Morgan fingerprint density at radius 1 is 0.966 bits per heavy atom. The smallest absolute Gasteiger partial charge is 0.192 e. The summed E-state index contributed by atoms with van der Waals surface area (Å²) in [5.74, 6) is -4.33. The molecule has 1 heterocycles. The normalized spacial score (nSPS) is 11.9. The van der Waals surface area contributed by atoms with Crippen LogP contribution in [0.15, 0.2) is 30.3 Å². The van der Waals surface area contributed by atoms with Crippen LogP contribution in [0.2, 0.25) is 0 Å². The van der Waals surface area contributed by atoms with Crippen LogP contribution in [0.5, 0.6) is 5.75 Å². The van der Waals surface area contributed by atoms with Crippen molar-refractivity contribution in [3.05, 3.63) is 59.4 Å². The number of nitrogens with two attached hydrogens (primary N) is 1. The van der Waals surface area contributed by atoms with E-state index >= 15 is 0 Å². The van der Waals surface area contributed by atoms with Crippen molar-refractivity contribution in [3.63, 3.8) is 0 Å². The first-order valence-electron chi connectivity index (χ1n) is 8.85. The van der Waals surface area contributed by atoms with Crippen LogP contribution >= 0.6 is 0 Å². The molecular formula is C20H20F4N4O. The lowest BCUT2D eigenvalue weighted by Gasteiger charge is -2.28. The second-order valence-corrected chi connectivity index (χ2v) is 7.36. The maximum atomic E-state index is 14.4. The Morgan fingerprint density at radius 3 is 2.14 bits per heavy atom. The molecule has 0 fully saturated rings. The molecule has 0 saturated heterocycles. The summed E-state index contributed by atoms with van der Waals surface area (Å²) < 4.78 is 62.9. The van der Waals surface area contributed by atoms with Gasteiger partial charge in [0.05, 0.1) is 5.56 Å². The average Bonchev–Trinajstić information content (AvgIpc) is 3.04. The van der Waals surface area contributed by atoms with Crippen LogP contribution in [0.1, 0.15) is 39.6 Å². The Balaban J connectivity index is 2.10. The minimum Gasteiger partial charge on any atom is -0.474 e. The number of ether oxygens (including phenoxy) is 1. The highest BCUT2D eigenvalue weighted by atomic mass is 19.1. The number of rotatable bonds is 5. The van der Waals surface area contributed by atoms with Crippen molar-refractivity contribution in [2.45, 2.75) is 39.3 Å². The van der Waals surface area contributed by atoms with E-state index in [1.165, 1.54) is 32.0 Å². The third kappa shape index (κ3) is 3.90. The zero-order valence-corrected chi connectivity index (χ0v) is 16.3. The van der Waals surface area contributed by atoms with Gasteiger partial charge in [-0.25, -0.2) is 17.6 Å². The molecule has 0 unspecified atom stereocenters. The molecular weight excluding hydrogens is 388 g/mol. The Bertz CT molecular complexity index is 1040. The van der Waals surface area contributed by atoms with Crippen LogP contribution in [0.25, 0.3) is 11.4 Å². The highest BCUT2D eigenvalue weighted by Crippen LogP contribution is 2.35. The quantitative estimate of drug-likeness (QED) is 0.478. The molecule has 3 rings (SSSR count). The fraction of sp³-hybridized carbons (Fsp3) is 0.300. The third-order valence-electron chi connectivity index (χ3n) is 4.31. The number of halogens is 4. The summed E-state index contributed by atoms with van der Waals surface area (Å²) in [4.78, 5) is 0. The minimum atomic E-state index is -1.38. The van der Waals surface area contributed by atoms with Gasteiger partial charge in [0.25, 0.3) is 0 Å². The third-order valence-corrected chi connectivity index (χ3v) is 4.31. The summed E-state index contributed by atoms with van der Waals surface area (Å²) >= 11 is 0. The average molecular weight is 408 g/mol. The van der Waals surface area contributed by atoms with Crippen LogP contribution in [-0.2, 0) is 5.60 Å². The maximum Gasteiger partial charge on any atom is 0.192 e. The Morgan fingerprint density at radius 2 is 1.59 bits per heavy atom. The topological polar surface area (TPSA) is 66.0 Å². The van der Waals surface area contributed by atoms with Crippen LogP contribution in [0, 0.1) is 23.3 Å². The molecule has 0 saturated carbocycles. The van der Waals surface area contributed by atoms with Crippen LogP contribution < -0.4 is 10.5 Å². The van der Waals surface area contributed by atoms with Crippen LogP contribution in [-0.4, -0.2) is 14.8 Å². The van der Waals surface area contributed by atoms with Crippen molar-refractivity contribution in [2.24, 2.45) is 0 Å². The predicted octanol–water partition coefficient (Wildman–Crippen LogP) is 4.98. The molecule has 5 nitrogen and oxygen atoms in total. The lowest BCUT2D eigenvalue weighted by Crippen LogP contribution is -2.31. The number of anilines is 1. The van der Waals surface area contributed by atoms with Crippen molar-refractivity contribution in [3.8, 4) is 17.1 Å². The number of benzene rings is 2. The molecule has 29 heavy (non-hydrogen) atoms. The monoisotopic (exact) mass is 408 g/mol. The lowest BCUT2D eigenvalue weighted by molar-refractivity contribution is 0.0811. The molecule has 9 heteroatoms. The summed E-state index contributed by atoms with van der Waals surface area (Å²) in [5.41, 5.74) is 4.65. The Labute approximate surface area is 165 Å². The second kappa shape index (κ2) is 7.38. The first kappa shape index (κ1) is 20.6. The minimum absolute atomic E-state index is 0.168. The van der Waals surface area contributed by atoms with E-state index in [0.29, 0.717) is 12.1 Å². The largest absolute Gasteiger partial charge is 0.474 e. The van der Waals surface area contributed by atoms with Gasteiger partial charge in [0.1, 0.15) is 11.6 Å². The molecule has 1 aromatic heterocycles. The molecule has 0 bridgehead atoms. The molecule has 2 aromatic carbocycles.